The Morgan fingerprint density at radius 1 is 1.20 bits per heavy atom. The van der Waals surface area contributed by atoms with Crippen molar-refractivity contribution < 1.29 is 4.39 Å². The maximum Gasteiger partial charge on any atom is 0.141 e. The normalized spacial score (nSPS) is 14.3. The van der Waals surface area contributed by atoms with E-state index in [1.54, 1.807) is 18.5 Å². The molecule has 0 radical (unpaired) electrons. The minimum absolute atomic E-state index is 0.350. The zero-order valence-corrected chi connectivity index (χ0v) is 11.0. The maximum atomic E-state index is 13.0. The molecule has 0 amide bonds. The Morgan fingerprint density at radius 3 is 2.85 bits per heavy atom. The van der Waals surface area contributed by atoms with E-state index >= 15 is 0 Å². The van der Waals surface area contributed by atoms with Crippen molar-refractivity contribution in [3.63, 3.8) is 0 Å². The van der Waals surface area contributed by atoms with E-state index < -0.39 is 0 Å². The number of pyridine rings is 2. The zero-order valence-electron chi connectivity index (χ0n) is 11.0. The first kappa shape index (κ1) is 12.5. The van der Waals surface area contributed by atoms with Crippen LogP contribution in [-0.2, 0) is 0 Å². The number of allylic oxidation sites excluding steroid dienone is 1. The molecule has 3 rings (SSSR count). The van der Waals surface area contributed by atoms with Crippen molar-refractivity contribution in [2.75, 3.05) is 11.6 Å². The van der Waals surface area contributed by atoms with Crippen LogP contribution in [0, 0.1) is 12.7 Å². The molecule has 100 valence electrons. The molecule has 0 fully saturated rings. The highest BCUT2D eigenvalue weighted by Gasteiger charge is 2.18. The summed E-state index contributed by atoms with van der Waals surface area (Å²) in [5.74, 6) is 0.315. The second-order valence-electron chi connectivity index (χ2n) is 4.48. The first-order valence-corrected chi connectivity index (χ1v) is 6.26. The second-order valence-corrected chi connectivity index (χ2v) is 4.48. The lowest BCUT2D eigenvalue weighted by Crippen LogP contribution is -2.25. The predicted octanol–water partition coefficient (Wildman–Crippen LogP) is 2.81. The Bertz CT molecular complexity index is 677. The number of aliphatic imine (C=N–C) groups is 1. The van der Waals surface area contributed by atoms with Gasteiger partial charge in [-0.25, -0.2) is 9.37 Å². The number of halogens is 1. The lowest BCUT2D eigenvalue weighted by molar-refractivity contribution is 0.621. The molecule has 0 aliphatic carbocycles. The van der Waals surface area contributed by atoms with Gasteiger partial charge >= 0.3 is 0 Å². The van der Waals surface area contributed by atoms with Gasteiger partial charge in [-0.1, -0.05) is 0 Å². The molecule has 0 atom stereocenters. The number of rotatable bonds is 2. The highest BCUT2D eigenvalue weighted by molar-refractivity contribution is 5.92. The van der Waals surface area contributed by atoms with Crippen molar-refractivity contribution >= 4 is 17.7 Å². The van der Waals surface area contributed by atoms with E-state index in [2.05, 4.69) is 15.0 Å². The Kier molecular flexibility index (Phi) is 3.25. The minimum atomic E-state index is -0.350. The average Bonchev–Trinajstić information content (AvgIpc) is 2.49. The number of hydrogen-bond acceptors (Lipinski definition) is 4. The van der Waals surface area contributed by atoms with Gasteiger partial charge in [-0.15, -0.1) is 0 Å². The van der Waals surface area contributed by atoms with Crippen molar-refractivity contribution in [3.8, 4) is 0 Å². The SMILES string of the molecule is Cc1ccncc1C1=CC=NCN1c1ccc(F)cn1. The molecule has 0 spiro atoms. The molecule has 0 N–H and O–H groups in total. The van der Waals surface area contributed by atoms with Gasteiger partial charge in [-0.05, 0) is 36.8 Å². The molecule has 0 unspecified atom stereocenters. The van der Waals surface area contributed by atoms with Crippen molar-refractivity contribution in [1.82, 2.24) is 9.97 Å². The predicted molar refractivity (Wildman–Crippen MR) is 77.0 cm³/mol. The highest BCUT2D eigenvalue weighted by Crippen LogP contribution is 2.27. The van der Waals surface area contributed by atoms with Crippen LogP contribution in [0.3, 0.4) is 0 Å². The molecular weight excluding hydrogens is 255 g/mol. The number of aromatic nitrogens is 2. The molecule has 2 aromatic heterocycles. The topological polar surface area (TPSA) is 41.4 Å². The van der Waals surface area contributed by atoms with Gasteiger partial charge in [-0.2, -0.15) is 0 Å². The Morgan fingerprint density at radius 2 is 2.10 bits per heavy atom. The monoisotopic (exact) mass is 268 g/mol. The van der Waals surface area contributed by atoms with Crippen LogP contribution in [-0.4, -0.2) is 22.9 Å². The van der Waals surface area contributed by atoms with Gasteiger partial charge in [0.1, 0.15) is 18.3 Å². The minimum Gasteiger partial charge on any atom is -0.306 e. The number of anilines is 1. The molecular formula is C15H13FN4. The summed E-state index contributed by atoms with van der Waals surface area (Å²) in [5, 5.41) is 0. The van der Waals surface area contributed by atoms with Crippen LogP contribution in [0.2, 0.25) is 0 Å². The molecule has 2 aromatic rings. The smallest absolute Gasteiger partial charge is 0.141 e. The zero-order chi connectivity index (χ0) is 13.9. The fraction of sp³-hybridized carbons (Fsp3) is 0.133. The standard InChI is InChI=1S/C15H13FN4/c1-11-4-6-17-9-13(11)14-5-7-18-10-20(14)15-3-2-12(16)8-19-15/h2-9H,10H2,1H3. The van der Waals surface area contributed by atoms with E-state index in [0.29, 0.717) is 12.5 Å². The van der Waals surface area contributed by atoms with Crippen LogP contribution in [0.1, 0.15) is 11.1 Å². The summed E-state index contributed by atoms with van der Waals surface area (Å²) in [6, 6.07) is 5.00. The van der Waals surface area contributed by atoms with Crippen LogP contribution >= 0.6 is 0 Å². The van der Waals surface area contributed by atoms with Crippen molar-refractivity contribution in [1.29, 1.82) is 0 Å². The fourth-order valence-corrected chi connectivity index (χ4v) is 2.11. The van der Waals surface area contributed by atoms with Gasteiger partial charge in [-0.3, -0.25) is 9.98 Å². The van der Waals surface area contributed by atoms with Gasteiger partial charge in [0.15, 0.2) is 0 Å². The third-order valence-electron chi connectivity index (χ3n) is 3.16. The van der Waals surface area contributed by atoms with Gasteiger partial charge < -0.3 is 4.90 Å². The van der Waals surface area contributed by atoms with Gasteiger partial charge in [0.25, 0.3) is 0 Å². The summed E-state index contributed by atoms with van der Waals surface area (Å²) < 4.78 is 13.0. The Hall–Kier alpha value is -2.56. The molecule has 4 nitrogen and oxygen atoms in total. The highest BCUT2D eigenvalue weighted by atomic mass is 19.1. The van der Waals surface area contributed by atoms with Gasteiger partial charge in [0.05, 0.1) is 11.9 Å². The van der Waals surface area contributed by atoms with Crippen molar-refractivity contribution in [2.24, 2.45) is 4.99 Å². The summed E-state index contributed by atoms with van der Waals surface area (Å²) in [7, 11) is 0. The molecule has 20 heavy (non-hydrogen) atoms. The van der Waals surface area contributed by atoms with E-state index in [9.17, 15) is 4.39 Å². The molecule has 5 heteroatoms. The molecule has 0 bridgehead atoms. The van der Waals surface area contributed by atoms with Crippen molar-refractivity contribution in [2.45, 2.75) is 6.92 Å². The fourth-order valence-electron chi connectivity index (χ4n) is 2.11. The van der Waals surface area contributed by atoms with Crippen LogP contribution in [0.4, 0.5) is 10.2 Å². The van der Waals surface area contributed by atoms with E-state index in [1.165, 1.54) is 12.3 Å². The lowest BCUT2D eigenvalue weighted by atomic mass is 10.1. The number of aryl methyl sites for hydroxylation is 1. The van der Waals surface area contributed by atoms with Crippen LogP contribution < -0.4 is 4.90 Å². The van der Waals surface area contributed by atoms with E-state index in [1.807, 2.05) is 30.2 Å². The number of hydrogen-bond donors (Lipinski definition) is 0. The lowest BCUT2D eigenvalue weighted by Gasteiger charge is -2.27. The largest absolute Gasteiger partial charge is 0.306 e. The summed E-state index contributed by atoms with van der Waals surface area (Å²) in [6.07, 6.45) is 8.47. The van der Waals surface area contributed by atoms with Crippen molar-refractivity contribution in [3.05, 3.63) is 59.8 Å². The Labute approximate surface area is 116 Å². The first-order chi connectivity index (χ1) is 9.75. The van der Waals surface area contributed by atoms with Gasteiger partial charge in [0.2, 0.25) is 0 Å². The third kappa shape index (κ3) is 2.30. The second kappa shape index (κ2) is 5.21. The summed E-state index contributed by atoms with van der Waals surface area (Å²) in [5.41, 5.74) is 3.10. The van der Waals surface area contributed by atoms with E-state index in [0.717, 1.165) is 16.8 Å². The average molecular weight is 268 g/mol. The number of nitrogens with zero attached hydrogens (tertiary/aromatic N) is 4. The quantitative estimate of drug-likeness (QED) is 0.841. The van der Waals surface area contributed by atoms with E-state index in [4.69, 9.17) is 0 Å². The van der Waals surface area contributed by atoms with E-state index in [-0.39, 0.29) is 5.82 Å². The molecule has 0 aromatic carbocycles. The molecule has 0 saturated heterocycles. The van der Waals surface area contributed by atoms with Gasteiger partial charge in [0, 0.05) is 24.2 Å². The summed E-state index contributed by atoms with van der Waals surface area (Å²) >= 11 is 0. The van der Waals surface area contributed by atoms with Crippen LogP contribution in [0.5, 0.6) is 0 Å². The summed E-state index contributed by atoms with van der Waals surface area (Å²) in [6.45, 7) is 2.48. The molecule has 0 saturated carbocycles. The van der Waals surface area contributed by atoms with Crippen LogP contribution in [0.15, 0.2) is 47.9 Å². The van der Waals surface area contributed by atoms with Crippen LogP contribution in [0.25, 0.3) is 5.70 Å². The first-order valence-electron chi connectivity index (χ1n) is 6.26. The third-order valence-corrected chi connectivity index (χ3v) is 3.16. The maximum absolute atomic E-state index is 13.0. The molecule has 1 aliphatic rings. The molecule has 1 aliphatic heterocycles. The molecule has 3 heterocycles. The summed E-state index contributed by atoms with van der Waals surface area (Å²) in [4.78, 5) is 14.5. The Balaban J connectivity index is 2.03.